The van der Waals surface area contributed by atoms with Gasteiger partial charge in [-0.15, -0.1) is 0 Å². The van der Waals surface area contributed by atoms with Crippen LogP contribution in [0, 0.1) is 0 Å². The van der Waals surface area contributed by atoms with Crippen LogP contribution in [-0.2, 0) is 44.0 Å². The topological polar surface area (TPSA) is 100.0 Å². The van der Waals surface area contributed by atoms with Crippen molar-refractivity contribution >= 4 is 23.2 Å². The zero-order chi connectivity index (χ0) is 39.0. The summed E-state index contributed by atoms with van der Waals surface area (Å²) in [6.45, 7) is 22.2. The van der Waals surface area contributed by atoms with Crippen molar-refractivity contribution in [2.75, 3.05) is 104 Å². The number of para-hydroxylation sites is 2. The Morgan fingerprint density at radius 3 is 1.96 bits per heavy atom. The first-order valence-electron chi connectivity index (χ1n) is 19.2. The van der Waals surface area contributed by atoms with Gasteiger partial charge in [-0.1, -0.05) is 56.3 Å². The molecule has 0 fully saturated rings. The number of rotatable bonds is 23. The number of carbonyl (C=O) groups excluding carboxylic acids is 1. The van der Waals surface area contributed by atoms with Gasteiger partial charge in [0.1, 0.15) is 12.2 Å². The zero-order valence-electron chi connectivity index (χ0n) is 34.3. The van der Waals surface area contributed by atoms with Crippen LogP contribution in [0.25, 0.3) is 0 Å². The molecule has 2 aliphatic heterocycles. The number of alkyl carbamates (subject to hydrolysis) is 1. The predicted molar refractivity (Wildman–Crippen MR) is 214 cm³/mol. The number of nitrogens with zero attached hydrogens (tertiary/aromatic N) is 2. The molecule has 2 aromatic rings. The van der Waals surface area contributed by atoms with Gasteiger partial charge in [0, 0.05) is 54.7 Å². The molecule has 0 spiro atoms. The Kier molecular flexibility index (Phi) is 18.8. The predicted octanol–water partition coefficient (Wildman–Crippen LogP) is 3.56. The third-order valence-corrected chi connectivity index (χ3v) is 9.49. The van der Waals surface area contributed by atoms with Gasteiger partial charge in [0.2, 0.25) is 5.69 Å². The summed E-state index contributed by atoms with van der Waals surface area (Å²) in [6, 6.07) is 17.3. The highest BCUT2D eigenvalue weighted by molar-refractivity contribution is 6.03. The van der Waals surface area contributed by atoms with Crippen LogP contribution in [0.5, 0.6) is 0 Å². The van der Waals surface area contributed by atoms with E-state index in [-0.39, 0.29) is 23.2 Å². The summed E-state index contributed by atoms with van der Waals surface area (Å²) in [7, 11) is 1.66. The molecule has 306 valence electrons. The Hall–Kier alpha value is -3.29. The summed E-state index contributed by atoms with van der Waals surface area (Å²) in [6.07, 6.45) is 6.29. The van der Waals surface area contributed by atoms with Crippen LogP contribution in [0.2, 0.25) is 0 Å². The summed E-state index contributed by atoms with van der Waals surface area (Å²) in [5.74, 6) is 0. The molecular weight excluding hydrogens is 722 g/mol. The minimum atomic E-state index is -0.525. The van der Waals surface area contributed by atoms with E-state index >= 15 is 0 Å². The number of allylic oxidation sites excluding steroid dienone is 4. The van der Waals surface area contributed by atoms with Gasteiger partial charge in [-0.3, -0.25) is 0 Å². The van der Waals surface area contributed by atoms with Gasteiger partial charge in [0.15, 0.2) is 12.3 Å². The van der Waals surface area contributed by atoms with Crippen LogP contribution < -0.4 is 22.6 Å². The molecule has 12 heteroatoms. The Morgan fingerprint density at radius 1 is 0.745 bits per heavy atom. The lowest BCUT2D eigenvalue weighted by Gasteiger charge is -2.27. The maximum Gasteiger partial charge on any atom is 0.407 e. The minimum absolute atomic E-state index is 0. The average molecular weight is 786 g/mol. The molecule has 1 amide bonds. The zero-order valence-corrected chi connectivity index (χ0v) is 35.0. The Labute approximate surface area is 335 Å². The molecule has 2 aromatic carbocycles. The first-order valence-corrected chi connectivity index (χ1v) is 19.2. The fourth-order valence-electron chi connectivity index (χ4n) is 6.85. The fraction of sp³-hybridized carbons (Fsp3) is 0.581. The maximum absolute atomic E-state index is 11.8. The number of hydrogen-bond acceptors (Lipinski definition) is 9. The summed E-state index contributed by atoms with van der Waals surface area (Å²) in [4.78, 5) is 14.2. The second-order valence-electron chi connectivity index (χ2n) is 15.4. The van der Waals surface area contributed by atoms with Crippen molar-refractivity contribution < 1.29 is 54.9 Å². The molecule has 0 saturated heterocycles. The van der Waals surface area contributed by atoms with Gasteiger partial charge in [0.25, 0.3) is 0 Å². The van der Waals surface area contributed by atoms with Crippen LogP contribution in [0.15, 0.2) is 72.5 Å². The van der Waals surface area contributed by atoms with Crippen molar-refractivity contribution in [3.05, 3.63) is 83.6 Å². The number of hydrogen-bond donors (Lipinski definition) is 1. The number of carbonyl (C=O) groups is 1. The van der Waals surface area contributed by atoms with Crippen molar-refractivity contribution in [1.29, 1.82) is 0 Å². The Balaban J connectivity index is 0.00000812. The van der Waals surface area contributed by atoms with E-state index in [1.165, 1.54) is 33.9 Å². The largest absolute Gasteiger partial charge is 1.00 e. The fourth-order valence-corrected chi connectivity index (χ4v) is 6.85. The first kappa shape index (κ1) is 46.1. The molecule has 0 unspecified atom stereocenters. The summed E-state index contributed by atoms with van der Waals surface area (Å²) < 4.78 is 41.4. The second kappa shape index (κ2) is 22.5. The van der Waals surface area contributed by atoms with Crippen molar-refractivity contribution in [1.82, 2.24) is 5.32 Å². The number of anilines is 1. The number of fused-ring (bicyclic) bond motifs is 2. The summed E-state index contributed by atoms with van der Waals surface area (Å²) in [5.41, 5.74) is 6.61. The van der Waals surface area contributed by atoms with Crippen LogP contribution in [-0.4, -0.2) is 121 Å². The highest BCUT2D eigenvalue weighted by atomic mass is 35.5. The molecule has 0 aliphatic carbocycles. The summed E-state index contributed by atoms with van der Waals surface area (Å²) in [5, 5.41) is 2.71. The molecular formula is C43H64ClN3O8. The van der Waals surface area contributed by atoms with E-state index in [2.05, 4.69) is 109 Å². The van der Waals surface area contributed by atoms with Gasteiger partial charge < -0.3 is 55.8 Å². The van der Waals surface area contributed by atoms with Crippen molar-refractivity contribution in [2.24, 2.45) is 0 Å². The molecule has 0 saturated carbocycles. The Morgan fingerprint density at radius 2 is 1.31 bits per heavy atom. The number of methoxy groups -OCH3 is 1. The van der Waals surface area contributed by atoms with E-state index < -0.39 is 11.7 Å². The maximum atomic E-state index is 11.8. The molecule has 0 atom stereocenters. The van der Waals surface area contributed by atoms with Crippen LogP contribution >= 0.6 is 0 Å². The van der Waals surface area contributed by atoms with Gasteiger partial charge in [-0.05, 0) is 52.3 Å². The highest BCUT2D eigenvalue weighted by Crippen LogP contribution is 2.47. The van der Waals surface area contributed by atoms with Crippen molar-refractivity contribution in [2.45, 2.75) is 64.9 Å². The summed E-state index contributed by atoms with van der Waals surface area (Å²) >= 11 is 0. The molecule has 0 aromatic heterocycles. The van der Waals surface area contributed by atoms with E-state index in [1.54, 1.807) is 7.11 Å². The van der Waals surface area contributed by atoms with Crippen LogP contribution in [0.3, 0.4) is 0 Å². The van der Waals surface area contributed by atoms with E-state index in [0.717, 1.165) is 6.54 Å². The quantitative estimate of drug-likeness (QED) is 0.134. The average Bonchev–Trinajstić information content (AvgIpc) is 3.47. The first-order chi connectivity index (χ1) is 25.9. The van der Waals surface area contributed by atoms with E-state index in [0.29, 0.717) is 85.8 Å². The van der Waals surface area contributed by atoms with Gasteiger partial charge in [-0.2, -0.15) is 4.58 Å². The van der Waals surface area contributed by atoms with Crippen molar-refractivity contribution in [3.63, 3.8) is 0 Å². The third-order valence-electron chi connectivity index (χ3n) is 9.49. The van der Waals surface area contributed by atoms with Crippen LogP contribution in [0.4, 0.5) is 16.2 Å². The number of halogens is 1. The molecule has 11 nitrogen and oxygen atoms in total. The van der Waals surface area contributed by atoms with E-state index in [9.17, 15) is 4.79 Å². The SMILES string of the molecule is COCCOCCOCCOCC[N+]1=C(/C=C/C=C2/N(CCOCCOCCNC(=O)OC(C)(C)C)c3ccccc3C2(C)C)C(C)(C)c2ccccc21.[Cl-]. The normalized spacial score (nSPS) is 16.4. The number of benzene rings is 2. The second-order valence-corrected chi connectivity index (χ2v) is 15.4. The van der Waals surface area contributed by atoms with Crippen molar-refractivity contribution in [3.8, 4) is 0 Å². The molecule has 2 aliphatic rings. The lowest BCUT2D eigenvalue weighted by atomic mass is 9.81. The third kappa shape index (κ3) is 13.4. The van der Waals surface area contributed by atoms with Gasteiger partial charge in [0.05, 0.1) is 71.5 Å². The molecule has 55 heavy (non-hydrogen) atoms. The molecule has 1 N–H and O–H groups in total. The van der Waals surface area contributed by atoms with Gasteiger partial charge >= 0.3 is 6.09 Å². The number of ether oxygens (including phenoxy) is 7. The van der Waals surface area contributed by atoms with Gasteiger partial charge in [-0.25, -0.2) is 4.79 Å². The van der Waals surface area contributed by atoms with E-state index in [4.69, 9.17) is 33.2 Å². The smallest absolute Gasteiger partial charge is 0.407 e. The lowest BCUT2D eigenvalue weighted by molar-refractivity contribution is -0.442. The lowest BCUT2D eigenvalue weighted by Crippen LogP contribution is -3.00. The van der Waals surface area contributed by atoms with Crippen LogP contribution in [0.1, 0.15) is 59.6 Å². The molecule has 4 rings (SSSR count). The number of amides is 1. The standard InChI is InChI=1S/C43H63N3O8.ClH/c1-41(2,3)54-40(47)44-20-23-49-28-29-50-24-21-45-36-16-11-9-14-34(36)42(4,5)38(45)18-13-19-39-43(6,7)35-15-10-12-17-37(35)46(39)22-25-51-30-31-53-33-32-52-27-26-48-8;/h9-19H,20-33H2,1-8H3;1H. The molecule has 2 heterocycles. The monoisotopic (exact) mass is 785 g/mol. The Bertz CT molecular complexity index is 1580. The number of nitrogens with one attached hydrogen (secondary N) is 1. The van der Waals surface area contributed by atoms with E-state index in [1.807, 2.05) is 20.8 Å². The minimum Gasteiger partial charge on any atom is -1.00 e. The molecule has 0 radical (unpaired) electrons. The molecule has 0 bridgehead atoms. The highest BCUT2D eigenvalue weighted by Gasteiger charge is 2.44.